The Hall–Kier alpha value is -2.86. The number of carbonyl (C=O) groups is 1. The highest BCUT2D eigenvalue weighted by atomic mass is 35.5. The number of anilines is 1. The Morgan fingerprint density at radius 3 is 2.40 bits per heavy atom. The summed E-state index contributed by atoms with van der Waals surface area (Å²) in [6.45, 7) is 7.10. The van der Waals surface area contributed by atoms with Crippen LogP contribution in [0.3, 0.4) is 0 Å². The van der Waals surface area contributed by atoms with E-state index in [4.69, 9.17) is 21.3 Å². The highest BCUT2D eigenvalue weighted by Crippen LogP contribution is 2.58. The largest absolute Gasteiger partial charge is 0.496 e. The standard InChI is InChI=1S/C35H45ClN4O2/c1-24(2)40-22-27(20-38-40)29-19-32(37-21-30(29)36)39(33(41)26-8-6-5-7-9-26)23-34-12-15-35(16-13-34,17-14-34)28-10-11-31(42-4)25(3)18-28/h10-11,18-22,24,26H,5-9,12-17,23H2,1-4H3. The van der Waals surface area contributed by atoms with Crippen LogP contribution in [0.1, 0.15) is 102 Å². The van der Waals surface area contributed by atoms with Crippen LogP contribution in [-0.2, 0) is 10.2 Å². The maximum absolute atomic E-state index is 14.3. The molecule has 0 atom stereocenters. The molecule has 0 saturated heterocycles. The number of nitrogens with zero attached hydrogens (tertiary/aromatic N) is 4. The Balaban J connectivity index is 1.29. The molecule has 4 aliphatic carbocycles. The zero-order chi connectivity index (χ0) is 29.5. The molecule has 0 radical (unpaired) electrons. The van der Waals surface area contributed by atoms with Gasteiger partial charge in [-0.15, -0.1) is 0 Å². The van der Waals surface area contributed by atoms with E-state index in [9.17, 15) is 4.79 Å². The third-order valence-electron chi connectivity index (χ3n) is 10.7. The van der Waals surface area contributed by atoms with E-state index in [1.165, 1.54) is 17.5 Å². The zero-order valence-corrected chi connectivity index (χ0v) is 26.4. The first-order valence-corrected chi connectivity index (χ1v) is 16.3. The number of ether oxygens (including phenoxy) is 1. The van der Waals surface area contributed by atoms with Gasteiger partial charge in [0.15, 0.2) is 0 Å². The van der Waals surface area contributed by atoms with Crippen LogP contribution in [0.15, 0.2) is 42.9 Å². The van der Waals surface area contributed by atoms with Gasteiger partial charge < -0.3 is 4.74 Å². The Kier molecular flexibility index (Phi) is 8.12. The molecule has 0 aliphatic heterocycles. The van der Waals surface area contributed by atoms with Crippen molar-refractivity contribution in [2.75, 3.05) is 18.6 Å². The Bertz CT molecular complexity index is 1420. The van der Waals surface area contributed by atoms with Gasteiger partial charge in [-0.25, -0.2) is 4.98 Å². The predicted molar refractivity (Wildman–Crippen MR) is 169 cm³/mol. The monoisotopic (exact) mass is 588 g/mol. The first-order valence-electron chi connectivity index (χ1n) is 15.9. The summed E-state index contributed by atoms with van der Waals surface area (Å²) in [5, 5.41) is 5.12. The number of aromatic nitrogens is 3. The van der Waals surface area contributed by atoms with Crippen molar-refractivity contribution in [2.24, 2.45) is 11.3 Å². The summed E-state index contributed by atoms with van der Waals surface area (Å²) in [6, 6.07) is 9.04. The third kappa shape index (κ3) is 5.47. The number of rotatable bonds is 8. The highest BCUT2D eigenvalue weighted by molar-refractivity contribution is 6.33. The van der Waals surface area contributed by atoms with E-state index in [-0.39, 0.29) is 28.7 Å². The van der Waals surface area contributed by atoms with Crippen LogP contribution in [0.5, 0.6) is 5.75 Å². The average Bonchev–Trinajstić information content (AvgIpc) is 3.52. The van der Waals surface area contributed by atoms with E-state index in [0.717, 1.165) is 93.4 Å². The van der Waals surface area contributed by atoms with Crippen LogP contribution in [0, 0.1) is 18.3 Å². The molecule has 1 aromatic carbocycles. The molecule has 0 unspecified atom stereocenters. The topological polar surface area (TPSA) is 60.2 Å². The lowest BCUT2D eigenvalue weighted by Gasteiger charge is -2.55. The van der Waals surface area contributed by atoms with Gasteiger partial charge in [0.2, 0.25) is 5.91 Å². The summed E-state index contributed by atoms with van der Waals surface area (Å²) in [6.07, 6.45) is 17.9. The minimum atomic E-state index is 0.0771. The molecule has 0 N–H and O–H groups in total. The number of carbonyl (C=O) groups excluding carboxylic acids is 1. The molecule has 1 amide bonds. The van der Waals surface area contributed by atoms with E-state index in [0.29, 0.717) is 5.02 Å². The number of aryl methyl sites for hydroxylation is 1. The number of hydrogen-bond acceptors (Lipinski definition) is 4. The Morgan fingerprint density at radius 2 is 1.79 bits per heavy atom. The molecule has 0 spiro atoms. The van der Waals surface area contributed by atoms with Gasteiger partial charge in [0.05, 0.1) is 18.3 Å². The maximum Gasteiger partial charge on any atom is 0.231 e. The van der Waals surface area contributed by atoms with E-state index >= 15 is 0 Å². The fourth-order valence-electron chi connectivity index (χ4n) is 7.87. The van der Waals surface area contributed by atoms with Crippen LogP contribution in [0.2, 0.25) is 5.02 Å². The molecular weight excluding hydrogens is 544 g/mol. The summed E-state index contributed by atoms with van der Waals surface area (Å²) in [5.74, 6) is 2.01. The number of pyridine rings is 1. The number of fused-ring (bicyclic) bond motifs is 3. The molecular formula is C35H45ClN4O2. The van der Waals surface area contributed by atoms with Crippen LogP contribution in [-0.4, -0.2) is 34.3 Å². The van der Waals surface area contributed by atoms with E-state index in [1.807, 2.05) is 23.1 Å². The van der Waals surface area contributed by atoms with Crippen molar-refractivity contribution in [3.05, 3.63) is 59.0 Å². The molecule has 42 heavy (non-hydrogen) atoms. The summed E-state index contributed by atoms with van der Waals surface area (Å²) < 4.78 is 7.48. The van der Waals surface area contributed by atoms with Gasteiger partial charge in [0, 0.05) is 42.0 Å². The van der Waals surface area contributed by atoms with Gasteiger partial charge >= 0.3 is 0 Å². The SMILES string of the molecule is COc1ccc(C23CCC(CN(C(=O)C4CCCCC4)c4cc(-c5cnn(C(C)C)c5)c(Cl)cn4)(CC2)CC3)cc1C. The molecule has 7 heteroatoms. The predicted octanol–water partition coefficient (Wildman–Crippen LogP) is 8.70. The summed E-state index contributed by atoms with van der Waals surface area (Å²) in [4.78, 5) is 21.1. The maximum atomic E-state index is 14.3. The molecule has 4 fully saturated rings. The van der Waals surface area contributed by atoms with Crippen LogP contribution >= 0.6 is 11.6 Å². The lowest BCUT2D eigenvalue weighted by Crippen LogP contribution is -2.51. The smallest absolute Gasteiger partial charge is 0.231 e. The van der Waals surface area contributed by atoms with Crippen LogP contribution in [0.25, 0.3) is 11.1 Å². The van der Waals surface area contributed by atoms with Crippen molar-refractivity contribution in [1.29, 1.82) is 0 Å². The highest BCUT2D eigenvalue weighted by Gasteiger charge is 2.50. The molecule has 7 rings (SSSR count). The van der Waals surface area contributed by atoms with Crippen molar-refractivity contribution in [3.63, 3.8) is 0 Å². The van der Waals surface area contributed by atoms with Gasteiger partial charge in [0.25, 0.3) is 0 Å². The molecule has 2 aromatic heterocycles. The minimum Gasteiger partial charge on any atom is -0.496 e. The number of methoxy groups -OCH3 is 1. The molecule has 224 valence electrons. The quantitative estimate of drug-likeness (QED) is 0.264. The second kappa shape index (κ2) is 11.7. The number of halogens is 1. The van der Waals surface area contributed by atoms with Crippen molar-refractivity contribution in [1.82, 2.24) is 14.8 Å². The van der Waals surface area contributed by atoms with Crippen LogP contribution in [0.4, 0.5) is 5.82 Å². The number of benzene rings is 1. The van der Waals surface area contributed by atoms with Crippen molar-refractivity contribution in [3.8, 4) is 16.9 Å². The second-order valence-corrected chi connectivity index (χ2v) is 14.0. The summed E-state index contributed by atoms with van der Waals surface area (Å²) >= 11 is 6.70. The number of hydrogen-bond donors (Lipinski definition) is 0. The van der Waals surface area contributed by atoms with E-state index in [1.54, 1.807) is 13.3 Å². The van der Waals surface area contributed by atoms with Gasteiger partial charge in [-0.1, -0.05) is 43.0 Å². The number of amides is 1. The first kappa shape index (κ1) is 29.2. The van der Waals surface area contributed by atoms with E-state index < -0.39 is 0 Å². The van der Waals surface area contributed by atoms with Crippen molar-refractivity contribution in [2.45, 2.75) is 103 Å². The molecule has 4 saturated carbocycles. The Labute approximate surface area is 255 Å². The van der Waals surface area contributed by atoms with Gasteiger partial charge in [0.1, 0.15) is 11.6 Å². The summed E-state index contributed by atoms with van der Waals surface area (Å²) in [7, 11) is 1.74. The summed E-state index contributed by atoms with van der Waals surface area (Å²) in [5.41, 5.74) is 4.86. The molecule has 6 nitrogen and oxygen atoms in total. The minimum absolute atomic E-state index is 0.0771. The molecule has 2 bridgehead atoms. The fraction of sp³-hybridized carbons (Fsp3) is 0.571. The molecule has 2 heterocycles. The van der Waals surface area contributed by atoms with Crippen molar-refractivity contribution >= 4 is 23.3 Å². The zero-order valence-electron chi connectivity index (χ0n) is 25.7. The Morgan fingerprint density at radius 1 is 1.07 bits per heavy atom. The lowest BCUT2D eigenvalue weighted by molar-refractivity contribution is -0.124. The second-order valence-electron chi connectivity index (χ2n) is 13.5. The first-order chi connectivity index (χ1) is 20.2. The molecule has 4 aliphatic rings. The fourth-order valence-corrected chi connectivity index (χ4v) is 8.09. The average molecular weight is 589 g/mol. The lowest BCUT2D eigenvalue weighted by atomic mass is 9.51. The van der Waals surface area contributed by atoms with Gasteiger partial charge in [-0.3, -0.25) is 14.4 Å². The van der Waals surface area contributed by atoms with Gasteiger partial charge in [-0.05, 0) is 106 Å². The van der Waals surface area contributed by atoms with Crippen molar-refractivity contribution < 1.29 is 9.53 Å². The normalized spacial score (nSPS) is 24.2. The van der Waals surface area contributed by atoms with Gasteiger partial charge in [-0.2, -0.15) is 5.10 Å². The third-order valence-corrected chi connectivity index (χ3v) is 11.0. The van der Waals surface area contributed by atoms with E-state index in [2.05, 4.69) is 49.0 Å². The van der Waals surface area contributed by atoms with Crippen LogP contribution < -0.4 is 9.64 Å². The molecule has 3 aromatic rings.